The average molecular weight is 510 g/mol. The third kappa shape index (κ3) is 5.76. The lowest BCUT2D eigenvalue weighted by Gasteiger charge is -2.37. The van der Waals surface area contributed by atoms with Gasteiger partial charge in [0.05, 0.1) is 0 Å². The number of amides is 2. The fourth-order valence-electron chi connectivity index (χ4n) is 3.50. The van der Waals surface area contributed by atoms with Crippen molar-refractivity contribution in [3.8, 4) is 0 Å². The topological polar surface area (TPSA) is 61.9 Å². The highest BCUT2D eigenvalue weighted by atomic mass is 79.9. The number of halogens is 3. The number of benzene rings is 2. The van der Waals surface area contributed by atoms with Gasteiger partial charge in [0.15, 0.2) is 0 Å². The zero-order chi connectivity index (χ0) is 23.6. The van der Waals surface area contributed by atoms with Gasteiger partial charge in [-0.3, -0.25) is 4.79 Å². The minimum absolute atomic E-state index is 0.219. The largest absolute Gasteiger partial charge is 0.444 e. The number of carbonyl (C=O) groups excluding carboxylic acids is 2. The van der Waals surface area contributed by atoms with Crippen LogP contribution in [0.15, 0.2) is 34.8 Å². The van der Waals surface area contributed by atoms with Crippen LogP contribution in [0.5, 0.6) is 0 Å². The first-order valence-corrected chi connectivity index (χ1v) is 11.0. The lowest BCUT2D eigenvalue weighted by Crippen LogP contribution is -2.50. The van der Waals surface area contributed by atoms with Crippen molar-refractivity contribution in [3.05, 3.63) is 57.6 Å². The van der Waals surface area contributed by atoms with E-state index >= 15 is 0 Å². The maximum absolute atomic E-state index is 14.1. The zero-order valence-electron chi connectivity index (χ0n) is 18.5. The van der Waals surface area contributed by atoms with E-state index in [4.69, 9.17) is 4.74 Å². The van der Waals surface area contributed by atoms with Crippen molar-refractivity contribution < 1.29 is 23.1 Å². The van der Waals surface area contributed by atoms with Crippen LogP contribution in [0.3, 0.4) is 0 Å². The van der Waals surface area contributed by atoms with E-state index in [0.29, 0.717) is 31.9 Å². The third-order valence-corrected chi connectivity index (χ3v) is 5.42. The highest BCUT2D eigenvalue weighted by Gasteiger charge is 2.26. The van der Waals surface area contributed by atoms with Crippen molar-refractivity contribution >= 4 is 39.3 Å². The number of ether oxygens (including phenoxy) is 1. The molecule has 6 nitrogen and oxygen atoms in total. The first kappa shape index (κ1) is 24.0. The van der Waals surface area contributed by atoms with E-state index in [1.165, 1.54) is 0 Å². The van der Waals surface area contributed by atoms with Crippen LogP contribution in [0.4, 0.5) is 25.0 Å². The molecule has 1 N–H and O–H groups in total. The Morgan fingerprint density at radius 2 is 1.62 bits per heavy atom. The molecular formula is C23H26BrF2N3O3. The fourth-order valence-corrected chi connectivity index (χ4v) is 3.90. The van der Waals surface area contributed by atoms with Crippen molar-refractivity contribution in [2.24, 2.45) is 0 Å². The molecule has 1 heterocycles. The number of hydrogen-bond donors (Lipinski definition) is 1. The molecule has 0 bridgehead atoms. The van der Waals surface area contributed by atoms with Crippen molar-refractivity contribution in [1.29, 1.82) is 0 Å². The van der Waals surface area contributed by atoms with E-state index in [0.717, 1.165) is 23.4 Å². The molecule has 0 atom stereocenters. The molecule has 1 saturated heterocycles. The Balaban J connectivity index is 1.65. The Kier molecular flexibility index (Phi) is 7.07. The van der Waals surface area contributed by atoms with Crippen molar-refractivity contribution in [3.63, 3.8) is 0 Å². The molecule has 9 heteroatoms. The van der Waals surface area contributed by atoms with Gasteiger partial charge in [-0.25, -0.2) is 13.6 Å². The summed E-state index contributed by atoms with van der Waals surface area (Å²) in [5, 5.41) is 2.55. The molecule has 0 unspecified atom stereocenters. The molecule has 2 amide bonds. The van der Waals surface area contributed by atoms with Crippen LogP contribution >= 0.6 is 15.9 Å². The summed E-state index contributed by atoms with van der Waals surface area (Å²) < 4.78 is 33.8. The first-order valence-electron chi connectivity index (χ1n) is 10.2. The second kappa shape index (κ2) is 9.44. The van der Waals surface area contributed by atoms with E-state index in [-0.39, 0.29) is 10.6 Å². The lowest BCUT2D eigenvalue weighted by molar-refractivity contribution is 0.0240. The molecule has 2 aromatic rings. The smallest absolute Gasteiger partial charge is 0.410 e. The van der Waals surface area contributed by atoms with E-state index in [9.17, 15) is 18.4 Å². The Morgan fingerprint density at radius 1 is 1.03 bits per heavy atom. The lowest BCUT2D eigenvalue weighted by atomic mass is 10.1. The van der Waals surface area contributed by atoms with Gasteiger partial charge in [-0.2, -0.15) is 0 Å². The summed E-state index contributed by atoms with van der Waals surface area (Å²) in [6.45, 7) is 9.76. The second-order valence-corrected chi connectivity index (χ2v) is 9.57. The number of anilines is 2. The zero-order valence-corrected chi connectivity index (χ0v) is 20.1. The van der Waals surface area contributed by atoms with Gasteiger partial charge in [-0.1, -0.05) is 15.9 Å². The van der Waals surface area contributed by atoms with Crippen LogP contribution in [0.1, 0.15) is 36.7 Å². The maximum Gasteiger partial charge on any atom is 0.410 e. The van der Waals surface area contributed by atoms with Gasteiger partial charge in [0.2, 0.25) is 0 Å². The fraction of sp³-hybridized carbons (Fsp3) is 0.391. The normalized spacial score (nSPS) is 14.3. The number of carbonyl (C=O) groups is 2. The molecule has 0 saturated carbocycles. The van der Waals surface area contributed by atoms with Crippen LogP contribution in [-0.4, -0.2) is 48.7 Å². The number of nitrogens with zero attached hydrogens (tertiary/aromatic N) is 2. The Morgan fingerprint density at radius 3 is 2.16 bits per heavy atom. The summed E-state index contributed by atoms with van der Waals surface area (Å²) in [7, 11) is 0. The van der Waals surface area contributed by atoms with Gasteiger partial charge in [0.25, 0.3) is 5.91 Å². The summed E-state index contributed by atoms with van der Waals surface area (Å²) in [6, 6.07) is 7.38. The standard InChI is InChI=1S/C23H26BrF2N3O3/c1-14-11-16(27-21(30)20-17(25)12-15(24)13-18(20)26)5-6-19(14)28-7-9-29(10-8-28)22(31)32-23(2,3)4/h5-6,11-13H,7-10H2,1-4H3,(H,27,30). The molecule has 1 fully saturated rings. The van der Waals surface area contributed by atoms with E-state index in [1.54, 1.807) is 17.0 Å². The van der Waals surface area contributed by atoms with Gasteiger partial charge in [-0.15, -0.1) is 0 Å². The first-order chi connectivity index (χ1) is 14.9. The minimum atomic E-state index is -0.939. The maximum atomic E-state index is 14.1. The summed E-state index contributed by atoms with van der Waals surface area (Å²) in [4.78, 5) is 28.5. The molecule has 1 aliphatic heterocycles. The molecule has 0 aliphatic carbocycles. The monoisotopic (exact) mass is 509 g/mol. The summed E-state index contributed by atoms with van der Waals surface area (Å²) in [6.07, 6.45) is -0.320. The molecule has 0 spiro atoms. The number of piperazine rings is 1. The number of hydrogen-bond acceptors (Lipinski definition) is 4. The van der Waals surface area contributed by atoms with E-state index in [1.807, 2.05) is 33.8 Å². The van der Waals surface area contributed by atoms with Gasteiger partial charge in [0.1, 0.15) is 22.8 Å². The molecule has 2 aromatic carbocycles. The third-order valence-electron chi connectivity index (χ3n) is 4.96. The van der Waals surface area contributed by atoms with Crippen molar-refractivity contribution in [1.82, 2.24) is 4.90 Å². The van der Waals surface area contributed by atoms with Crippen LogP contribution in [0.25, 0.3) is 0 Å². The molecule has 0 radical (unpaired) electrons. The van der Waals surface area contributed by atoms with Gasteiger partial charge in [0, 0.05) is 42.0 Å². The Hall–Kier alpha value is -2.68. The predicted molar refractivity (Wildman–Crippen MR) is 123 cm³/mol. The average Bonchev–Trinajstić information content (AvgIpc) is 2.66. The van der Waals surface area contributed by atoms with Gasteiger partial charge < -0.3 is 19.9 Å². The molecule has 172 valence electrons. The predicted octanol–water partition coefficient (Wildman–Crippen LogP) is 5.35. The van der Waals surface area contributed by atoms with Crippen molar-refractivity contribution in [2.45, 2.75) is 33.3 Å². The number of rotatable bonds is 3. The molecule has 1 aliphatic rings. The Bertz CT molecular complexity index is 1010. The van der Waals surface area contributed by atoms with Gasteiger partial charge >= 0.3 is 6.09 Å². The second-order valence-electron chi connectivity index (χ2n) is 8.65. The molecular weight excluding hydrogens is 484 g/mol. The number of aryl methyl sites for hydroxylation is 1. The quantitative estimate of drug-likeness (QED) is 0.606. The highest BCUT2D eigenvalue weighted by molar-refractivity contribution is 9.10. The van der Waals surface area contributed by atoms with Crippen LogP contribution < -0.4 is 10.2 Å². The Labute approximate surface area is 194 Å². The highest BCUT2D eigenvalue weighted by Crippen LogP contribution is 2.26. The van der Waals surface area contributed by atoms with Crippen LogP contribution in [0.2, 0.25) is 0 Å². The molecule has 32 heavy (non-hydrogen) atoms. The van der Waals surface area contributed by atoms with Crippen molar-refractivity contribution in [2.75, 3.05) is 36.4 Å². The molecule has 0 aromatic heterocycles. The van der Waals surface area contributed by atoms with Crippen LogP contribution in [-0.2, 0) is 4.74 Å². The summed E-state index contributed by atoms with van der Waals surface area (Å²) in [5.74, 6) is -2.73. The summed E-state index contributed by atoms with van der Waals surface area (Å²) >= 11 is 3.00. The minimum Gasteiger partial charge on any atom is -0.444 e. The summed E-state index contributed by atoms with van der Waals surface area (Å²) in [5.41, 5.74) is 1.13. The van der Waals surface area contributed by atoms with E-state index < -0.39 is 28.7 Å². The van der Waals surface area contributed by atoms with Gasteiger partial charge in [-0.05, 0) is 63.6 Å². The van der Waals surface area contributed by atoms with Crippen LogP contribution in [0, 0.1) is 18.6 Å². The SMILES string of the molecule is Cc1cc(NC(=O)c2c(F)cc(Br)cc2F)ccc1N1CCN(C(=O)OC(C)(C)C)CC1. The number of nitrogens with one attached hydrogen (secondary N) is 1. The molecule has 3 rings (SSSR count). The van der Waals surface area contributed by atoms with E-state index in [2.05, 4.69) is 26.1 Å².